The van der Waals surface area contributed by atoms with Crippen LogP contribution in [-0.4, -0.2) is 15.6 Å². The number of carboxylic acids is 1. The summed E-state index contributed by atoms with van der Waals surface area (Å²) in [6, 6.07) is 1.78. The number of halogens is 2. The van der Waals surface area contributed by atoms with Crippen LogP contribution in [0.15, 0.2) is 23.1 Å². The molecule has 1 aliphatic carbocycles. The number of carboxylic acid groups (broad SMARTS) is 1. The number of hydrogen-bond donors (Lipinski definition) is 1. The molecule has 0 bridgehead atoms. The van der Waals surface area contributed by atoms with Gasteiger partial charge in [-0.25, -0.2) is 13.6 Å². The molecule has 0 radical (unpaired) electrons. The summed E-state index contributed by atoms with van der Waals surface area (Å²) in [6.45, 7) is 0.386. The highest BCUT2D eigenvalue weighted by molar-refractivity contribution is 5.92. The molecule has 3 rings (SSSR count). The van der Waals surface area contributed by atoms with Gasteiger partial charge in [0.25, 0.3) is 0 Å². The summed E-state index contributed by atoms with van der Waals surface area (Å²) in [6.07, 6.45) is 3.04. The molecule has 0 amide bonds. The van der Waals surface area contributed by atoms with Gasteiger partial charge >= 0.3 is 5.97 Å². The molecule has 1 N–H and O–H groups in total. The molecule has 0 spiro atoms. The highest BCUT2D eigenvalue weighted by atomic mass is 19.1. The van der Waals surface area contributed by atoms with Gasteiger partial charge in [-0.3, -0.25) is 4.79 Å². The molecule has 1 aromatic carbocycles. The molecule has 1 aromatic heterocycles. The van der Waals surface area contributed by atoms with Crippen LogP contribution in [0.5, 0.6) is 0 Å². The van der Waals surface area contributed by atoms with E-state index in [9.17, 15) is 18.4 Å². The second kappa shape index (κ2) is 4.40. The lowest BCUT2D eigenvalue weighted by Crippen LogP contribution is -2.21. The predicted octanol–water partition coefficient (Wildman–Crippen LogP) is 2.39. The van der Waals surface area contributed by atoms with Gasteiger partial charge < -0.3 is 9.67 Å². The Balaban J connectivity index is 2.40. The molecule has 104 valence electrons. The highest BCUT2D eigenvalue weighted by Gasteiger charge is 2.25. The maximum absolute atomic E-state index is 13.9. The van der Waals surface area contributed by atoms with E-state index in [4.69, 9.17) is 5.11 Å². The number of benzene rings is 1. The third-order valence-corrected chi connectivity index (χ3v) is 3.50. The zero-order valence-corrected chi connectivity index (χ0v) is 10.4. The Morgan fingerprint density at radius 3 is 2.55 bits per heavy atom. The number of nitrogens with zero attached hydrogens (tertiary/aromatic N) is 1. The van der Waals surface area contributed by atoms with Crippen molar-refractivity contribution in [2.24, 2.45) is 5.92 Å². The Morgan fingerprint density at radius 2 is 1.95 bits per heavy atom. The lowest BCUT2D eigenvalue weighted by atomic mass is 10.1. The van der Waals surface area contributed by atoms with E-state index in [1.54, 1.807) is 0 Å². The molecule has 6 heteroatoms. The number of aromatic nitrogens is 1. The van der Waals surface area contributed by atoms with Crippen molar-refractivity contribution in [3.05, 3.63) is 45.8 Å². The fourth-order valence-electron chi connectivity index (χ4n) is 2.33. The summed E-state index contributed by atoms with van der Waals surface area (Å²) in [5, 5.41) is 8.54. The lowest BCUT2D eigenvalue weighted by Gasteiger charge is -2.12. The summed E-state index contributed by atoms with van der Waals surface area (Å²) in [5.74, 6) is -2.75. The second-order valence-electron chi connectivity index (χ2n) is 5.03. The van der Waals surface area contributed by atoms with E-state index < -0.39 is 34.0 Å². The maximum atomic E-state index is 13.9. The third kappa shape index (κ3) is 1.97. The van der Waals surface area contributed by atoms with Crippen molar-refractivity contribution in [3.63, 3.8) is 0 Å². The number of aromatic carboxylic acids is 1. The van der Waals surface area contributed by atoms with Gasteiger partial charge in [0, 0.05) is 12.7 Å². The molecule has 4 nitrogen and oxygen atoms in total. The van der Waals surface area contributed by atoms with Crippen LogP contribution in [-0.2, 0) is 6.54 Å². The van der Waals surface area contributed by atoms with Crippen LogP contribution >= 0.6 is 0 Å². The van der Waals surface area contributed by atoms with E-state index in [-0.39, 0.29) is 5.52 Å². The topological polar surface area (TPSA) is 59.3 Å². The van der Waals surface area contributed by atoms with Gasteiger partial charge in [0.1, 0.15) is 17.2 Å². The first-order valence-electron chi connectivity index (χ1n) is 6.23. The Bertz CT molecular complexity index is 778. The smallest absolute Gasteiger partial charge is 0.341 e. The quantitative estimate of drug-likeness (QED) is 0.938. The van der Waals surface area contributed by atoms with Gasteiger partial charge in [-0.2, -0.15) is 0 Å². The zero-order valence-electron chi connectivity index (χ0n) is 10.4. The first kappa shape index (κ1) is 12.8. The molecule has 0 unspecified atom stereocenters. The SMILES string of the molecule is O=C(O)c1cn(CC2CC2)c2c(F)ccc(F)c2c1=O. The molecule has 1 aliphatic rings. The average molecular weight is 279 g/mol. The minimum absolute atomic E-state index is 0.160. The van der Waals surface area contributed by atoms with Gasteiger partial charge in [-0.05, 0) is 30.9 Å². The monoisotopic (exact) mass is 279 g/mol. The zero-order chi connectivity index (χ0) is 14.4. The maximum Gasteiger partial charge on any atom is 0.341 e. The summed E-state index contributed by atoms with van der Waals surface area (Å²) >= 11 is 0. The van der Waals surface area contributed by atoms with Gasteiger partial charge in [-0.1, -0.05) is 0 Å². The summed E-state index contributed by atoms with van der Waals surface area (Å²) in [5.41, 5.74) is -1.69. The predicted molar refractivity (Wildman–Crippen MR) is 67.8 cm³/mol. The van der Waals surface area contributed by atoms with E-state index in [0.29, 0.717) is 12.5 Å². The Morgan fingerprint density at radius 1 is 1.30 bits per heavy atom. The van der Waals surface area contributed by atoms with Gasteiger partial charge in [0.2, 0.25) is 5.43 Å². The van der Waals surface area contributed by atoms with Gasteiger partial charge in [-0.15, -0.1) is 0 Å². The van der Waals surface area contributed by atoms with Crippen molar-refractivity contribution in [2.45, 2.75) is 19.4 Å². The fraction of sp³-hybridized carbons (Fsp3) is 0.286. The number of pyridine rings is 1. The normalized spacial score (nSPS) is 14.7. The van der Waals surface area contributed by atoms with Crippen LogP contribution in [0.4, 0.5) is 8.78 Å². The van der Waals surface area contributed by atoms with Crippen molar-refractivity contribution >= 4 is 16.9 Å². The molecular formula is C14H11F2NO3. The fourth-order valence-corrected chi connectivity index (χ4v) is 2.33. The van der Waals surface area contributed by atoms with E-state index >= 15 is 0 Å². The molecule has 1 saturated carbocycles. The second-order valence-corrected chi connectivity index (χ2v) is 5.03. The third-order valence-electron chi connectivity index (χ3n) is 3.50. The molecule has 2 aromatic rings. The van der Waals surface area contributed by atoms with Crippen molar-refractivity contribution in [2.75, 3.05) is 0 Å². The Labute approximate surface area is 112 Å². The first-order valence-corrected chi connectivity index (χ1v) is 6.23. The van der Waals surface area contributed by atoms with Crippen LogP contribution in [0.1, 0.15) is 23.2 Å². The van der Waals surface area contributed by atoms with Crippen molar-refractivity contribution in [1.29, 1.82) is 0 Å². The Hall–Kier alpha value is -2.24. The standard InChI is InChI=1S/C14H11F2NO3/c15-9-3-4-10(16)12-11(9)13(18)8(14(19)20)6-17(12)5-7-1-2-7/h3-4,6-7H,1-2,5H2,(H,19,20). The Kier molecular flexibility index (Phi) is 2.81. The summed E-state index contributed by atoms with van der Waals surface area (Å²) < 4.78 is 29.1. The summed E-state index contributed by atoms with van der Waals surface area (Å²) in [4.78, 5) is 23.1. The van der Waals surface area contributed by atoms with Crippen LogP contribution < -0.4 is 5.43 Å². The van der Waals surface area contributed by atoms with Crippen LogP contribution in [0.25, 0.3) is 10.9 Å². The van der Waals surface area contributed by atoms with Crippen LogP contribution in [0.3, 0.4) is 0 Å². The lowest BCUT2D eigenvalue weighted by molar-refractivity contribution is 0.0694. The molecule has 20 heavy (non-hydrogen) atoms. The minimum Gasteiger partial charge on any atom is -0.477 e. The molecule has 1 fully saturated rings. The molecule has 0 atom stereocenters. The molecular weight excluding hydrogens is 268 g/mol. The molecule has 0 aliphatic heterocycles. The molecule has 0 saturated heterocycles. The van der Waals surface area contributed by atoms with E-state index in [2.05, 4.69) is 0 Å². The number of hydrogen-bond acceptors (Lipinski definition) is 2. The van der Waals surface area contributed by atoms with E-state index in [1.807, 2.05) is 0 Å². The highest BCUT2D eigenvalue weighted by Crippen LogP contribution is 2.32. The number of fused-ring (bicyclic) bond motifs is 1. The van der Waals surface area contributed by atoms with Crippen LogP contribution in [0.2, 0.25) is 0 Å². The van der Waals surface area contributed by atoms with Crippen molar-refractivity contribution < 1.29 is 18.7 Å². The average Bonchev–Trinajstić information content (AvgIpc) is 3.19. The van der Waals surface area contributed by atoms with Crippen LogP contribution in [0, 0.1) is 17.6 Å². The number of carbonyl (C=O) groups is 1. The van der Waals surface area contributed by atoms with E-state index in [0.717, 1.165) is 31.2 Å². The first-order chi connectivity index (χ1) is 9.49. The largest absolute Gasteiger partial charge is 0.477 e. The molecule has 1 heterocycles. The van der Waals surface area contributed by atoms with Crippen molar-refractivity contribution in [1.82, 2.24) is 4.57 Å². The van der Waals surface area contributed by atoms with Crippen molar-refractivity contribution in [3.8, 4) is 0 Å². The van der Waals surface area contributed by atoms with E-state index in [1.165, 1.54) is 4.57 Å². The number of rotatable bonds is 3. The van der Waals surface area contributed by atoms with Gasteiger partial charge in [0.15, 0.2) is 0 Å². The summed E-state index contributed by atoms with van der Waals surface area (Å²) in [7, 11) is 0. The minimum atomic E-state index is -1.44. The van der Waals surface area contributed by atoms with Gasteiger partial charge in [0.05, 0.1) is 10.9 Å².